The maximum Gasteiger partial charge on any atom is 0.255 e. The zero-order valence-electron chi connectivity index (χ0n) is 16.6. The number of ketones is 1. The maximum absolute atomic E-state index is 13.0. The lowest BCUT2D eigenvalue weighted by Crippen LogP contribution is -2.44. The molecule has 0 amide bonds. The molecule has 0 atom stereocenters. The fraction of sp³-hybridized carbons (Fsp3) is 0.273. The Morgan fingerprint density at radius 3 is 2.66 bits per heavy atom. The minimum atomic E-state index is -0.426. The van der Waals surface area contributed by atoms with Gasteiger partial charge in [0.15, 0.2) is 5.78 Å². The highest BCUT2D eigenvalue weighted by Gasteiger charge is 2.39. The van der Waals surface area contributed by atoms with E-state index in [0.29, 0.717) is 29.5 Å². The molecule has 0 spiro atoms. The van der Waals surface area contributed by atoms with Crippen molar-refractivity contribution in [2.75, 3.05) is 18.6 Å². The molecule has 3 aromatic rings. The third-order valence-corrected chi connectivity index (χ3v) is 5.17. The molecule has 1 aromatic carbocycles. The number of nitrogens with zero attached hydrogens (tertiary/aromatic N) is 4. The number of methoxy groups -OCH3 is 1. The fourth-order valence-electron chi connectivity index (χ4n) is 3.58. The van der Waals surface area contributed by atoms with Crippen LogP contribution in [-0.4, -0.2) is 39.5 Å². The van der Waals surface area contributed by atoms with Crippen molar-refractivity contribution in [1.29, 1.82) is 0 Å². The number of hydrogen-bond donors (Lipinski definition) is 0. The minimum absolute atomic E-state index is 0.0611. The summed E-state index contributed by atoms with van der Waals surface area (Å²) in [7, 11) is 1.57. The van der Waals surface area contributed by atoms with E-state index in [1.807, 2.05) is 30.9 Å². The molecule has 29 heavy (non-hydrogen) atoms. The molecule has 0 radical (unpaired) electrons. The van der Waals surface area contributed by atoms with Crippen molar-refractivity contribution in [1.82, 2.24) is 14.5 Å². The van der Waals surface area contributed by atoms with Crippen LogP contribution in [-0.2, 0) is 6.54 Å². The van der Waals surface area contributed by atoms with E-state index in [1.54, 1.807) is 48.3 Å². The Bertz CT molecular complexity index is 1120. The first-order valence-corrected chi connectivity index (χ1v) is 9.36. The van der Waals surface area contributed by atoms with Gasteiger partial charge >= 0.3 is 0 Å². The lowest BCUT2D eigenvalue weighted by molar-refractivity contribution is 0.0993. The van der Waals surface area contributed by atoms with Crippen LogP contribution in [0.25, 0.3) is 11.3 Å². The van der Waals surface area contributed by atoms with E-state index in [-0.39, 0.29) is 17.9 Å². The minimum Gasteiger partial charge on any atom is -0.497 e. The van der Waals surface area contributed by atoms with Crippen molar-refractivity contribution in [3.05, 3.63) is 70.8 Å². The van der Waals surface area contributed by atoms with Gasteiger partial charge in [0.05, 0.1) is 31.4 Å². The van der Waals surface area contributed by atoms with Crippen molar-refractivity contribution in [3.63, 3.8) is 0 Å². The molecule has 2 aromatic heterocycles. The summed E-state index contributed by atoms with van der Waals surface area (Å²) in [5.41, 5.74) is 1.38. The molecule has 0 bridgehead atoms. The summed E-state index contributed by atoms with van der Waals surface area (Å²) in [6.07, 6.45) is 3.33. The maximum atomic E-state index is 13.0. The lowest BCUT2D eigenvalue weighted by atomic mass is 10.0. The van der Waals surface area contributed by atoms with Crippen LogP contribution in [0.4, 0.5) is 5.95 Å². The van der Waals surface area contributed by atoms with Crippen LogP contribution in [0, 0.1) is 0 Å². The van der Waals surface area contributed by atoms with Gasteiger partial charge in [0, 0.05) is 29.6 Å². The van der Waals surface area contributed by atoms with Gasteiger partial charge in [-0.2, -0.15) is 0 Å². The van der Waals surface area contributed by atoms with E-state index in [2.05, 4.69) is 4.98 Å². The SMILES string of the molecule is COc1cccc(C(=O)CN2c3nc(-c4ccncc4)cc(=O)n3CC2(C)C)c1. The van der Waals surface area contributed by atoms with E-state index in [0.717, 1.165) is 5.56 Å². The summed E-state index contributed by atoms with van der Waals surface area (Å²) in [6.45, 7) is 4.60. The molecular weight excluding hydrogens is 368 g/mol. The highest BCUT2D eigenvalue weighted by atomic mass is 16.5. The second-order valence-corrected chi connectivity index (χ2v) is 7.66. The number of pyridine rings is 1. The molecule has 0 saturated carbocycles. The Kier molecular flexibility index (Phi) is 4.66. The van der Waals surface area contributed by atoms with Gasteiger partial charge in [-0.15, -0.1) is 0 Å². The number of Topliss-reactive ketones (excluding diaryl/α,β-unsaturated/α-hetero) is 1. The summed E-state index contributed by atoms with van der Waals surface area (Å²) in [6, 6.07) is 12.2. The van der Waals surface area contributed by atoms with Crippen LogP contribution in [0.2, 0.25) is 0 Å². The predicted molar refractivity (Wildman–Crippen MR) is 110 cm³/mol. The smallest absolute Gasteiger partial charge is 0.255 e. The Hall–Kier alpha value is -3.48. The molecule has 1 aliphatic heterocycles. The van der Waals surface area contributed by atoms with Crippen LogP contribution in [0.5, 0.6) is 5.75 Å². The normalized spacial score (nSPS) is 14.5. The van der Waals surface area contributed by atoms with Crippen molar-refractivity contribution in [3.8, 4) is 17.0 Å². The zero-order valence-corrected chi connectivity index (χ0v) is 16.6. The molecule has 0 unspecified atom stereocenters. The van der Waals surface area contributed by atoms with Gasteiger partial charge < -0.3 is 9.64 Å². The molecule has 148 valence electrons. The average Bonchev–Trinajstić information content (AvgIpc) is 2.99. The van der Waals surface area contributed by atoms with Gasteiger partial charge in [0.2, 0.25) is 5.95 Å². The van der Waals surface area contributed by atoms with Crippen LogP contribution in [0.3, 0.4) is 0 Å². The fourth-order valence-corrected chi connectivity index (χ4v) is 3.58. The van der Waals surface area contributed by atoms with E-state index in [1.165, 1.54) is 6.07 Å². The van der Waals surface area contributed by atoms with Gasteiger partial charge in [-0.25, -0.2) is 4.98 Å². The first kappa shape index (κ1) is 18.9. The number of aromatic nitrogens is 3. The molecule has 0 aliphatic carbocycles. The highest BCUT2D eigenvalue weighted by molar-refractivity contribution is 5.99. The van der Waals surface area contributed by atoms with Gasteiger partial charge in [0.1, 0.15) is 5.75 Å². The summed E-state index contributed by atoms with van der Waals surface area (Å²) < 4.78 is 6.85. The van der Waals surface area contributed by atoms with Crippen molar-refractivity contribution < 1.29 is 9.53 Å². The number of ether oxygens (including phenoxy) is 1. The van der Waals surface area contributed by atoms with Crippen LogP contribution in [0.1, 0.15) is 24.2 Å². The molecular formula is C22H22N4O3. The Balaban J connectivity index is 1.72. The predicted octanol–water partition coefficient (Wildman–Crippen LogP) is 2.80. The van der Waals surface area contributed by atoms with Crippen LogP contribution < -0.4 is 15.2 Å². The lowest BCUT2D eigenvalue weighted by Gasteiger charge is -2.31. The molecule has 7 heteroatoms. The van der Waals surface area contributed by atoms with Gasteiger partial charge in [-0.3, -0.25) is 19.1 Å². The second-order valence-electron chi connectivity index (χ2n) is 7.66. The first-order valence-electron chi connectivity index (χ1n) is 9.36. The summed E-state index contributed by atoms with van der Waals surface area (Å²) in [4.78, 5) is 36.4. The summed E-state index contributed by atoms with van der Waals surface area (Å²) >= 11 is 0. The third-order valence-electron chi connectivity index (χ3n) is 5.17. The first-order chi connectivity index (χ1) is 13.9. The standard InChI is InChI=1S/C22H22N4O3/c1-22(2)14-25-20(28)12-18(15-7-9-23-10-8-15)24-21(25)26(22)13-19(27)16-5-4-6-17(11-16)29-3/h4-12H,13-14H2,1-3H3. The van der Waals surface area contributed by atoms with Gasteiger partial charge in [0.25, 0.3) is 5.56 Å². The van der Waals surface area contributed by atoms with Crippen molar-refractivity contribution >= 4 is 11.7 Å². The molecule has 0 N–H and O–H groups in total. The van der Waals surface area contributed by atoms with Crippen LogP contribution >= 0.6 is 0 Å². The van der Waals surface area contributed by atoms with Gasteiger partial charge in [-0.05, 0) is 38.1 Å². The summed E-state index contributed by atoms with van der Waals surface area (Å²) in [5, 5.41) is 0. The zero-order chi connectivity index (χ0) is 20.6. The molecule has 4 rings (SSSR count). The molecule has 7 nitrogen and oxygen atoms in total. The largest absolute Gasteiger partial charge is 0.497 e. The van der Waals surface area contributed by atoms with E-state index < -0.39 is 5.54 Å². The number of hydrogen-bond acceptors (Lipinski definition) is 6. The second kappa shape index (κ2) is 7.16. The number of benzene rings is 1. The third kappa shape index (κ3) is 3.51. The van der Waals surface area contributed by atoms with E-state index >= 15 is 0 Å². The van der Waals surface area contributed by atoms with Gasteiger partial charge in [-0.1, -0.05) is 12.1 Å². The Morgan fingerprint density at radius 1 is 1.17 bits per heavy atom. The van der Waals surface area contributed by atoms with Crippen molar-refractivity contribution in [2.24, 2.45) is 0 Å². The van der Waals surface area contributed by atoms with Crippen molar-refractivity contribution in [2.45, 2.75) is 25.9 Å². The number of fused-ring (bicyclic) bond motifs is 1. The summed E-state index contributed by atoms with van der Waals surface area (Å²) in [5.74, 6) is 1.07. The Labute approximate surface area is 168 Å². The molecule has 1 aliphatic rings. The molecule has 3 heterocycles. The quantitative estimate of drug-likeness (QED) is 0.624. The average molecular weight is 390 g/mol. The van der Waals surface area contributed by atoms with Crippen LogP contribution in [0.15, 0.2) is 59.7 Å². The number of rotatable bonds is 5. The van der Waals surface area contributed by atoms with E-state index in [4.69, 9.17) is 9.72 Å². The number of anilines is 1. The number of carbonyl (C=O) groups excluding carboxylic acids is 1. The van der Waals surface area contributed by atoms with E-state index in [9.17, 15) is 9.59 Å². The monoisotopic (exact) mass is 390 g/mol. The number of carbonyl (C=O) groups is 1. The Morgan fingerprint density at radius 2 is 1.93 bits per heavy atom. The highest BCUT2D eigenvalue weighted by Crippen LogP contribution is 2.32. The molecule has 0 fully saturated rings. The molecule has 0 saturated heterocycles. The topological polar surface area (TPSA) is 77.3 Å².